The van der Waals surface area contributed by atoms with E-state index in [0.717, 1.165) is 6.20 Å². The quantitative estimate of drug-likeness (QED) is 0.805. The normalized spacial score (nSPS) is 10.6. The number of nitrogens with zero attached hydrogens (tertiary/aromatic N) is 3. The zero-order valence-electron chi connectivity index (χ0n) is 10.6. The fourth-order valence-electron chi connectivity index (χ4n) is 1.56. The van der Waals surface area contributed by atoms with Crippen molar-refractivity contribution in [2.45, 2.75) is 13.3 Å². The smallest absolute Gasteiger partial charge is 0.341 e. The first-order valence-corrected chi connectivity index (χ1v) is 5.86. The Morgan fingerprint density at radius 3 is 2.80 bits per heavy atom. The first-order valence-electron chi connectivity index (χ1n) is 5.86. The van der Waals surface area contributed by atoms with Crippen molar-refractivity contribution in [3.8, 4) is 11.4 Å². The minimum Gasteiger partial charge on any atom is -0.462 e. The maximum Gasteiger partial charge on any atom is 0.341 e. The highest BCUT2D eigenvalue weighted by Gasteiger charge is 2.22. The van der Waals surface area contributed by atoms with E-state index in [9.17, 15) is 13.6 Å². The van der Waals surface area contributed by atoms with Crippen molar-refractivity contribution in [3.05, 3.63) is 42.0 Å². The molecule has 0 aromatic carbocycles. The molecule has 0 saturated heterocycles. The predicted molar refractivity (Wildman–Crippen MR) is 66.2 cm³/mol. The molecule has 0 N–H and O–H groups in total. The molecule has 2 rings (SSSR count). The molecule has 0 unspecified atom stereocenters. The first kappa shape index (κ1) is 14.0. The summed E-state index contributed by atoms with van der Waals surface area (Å²) in [6.45, 7) is 1.68. The zero-order valence-corrected chi connectivity index (χ0v) is 10.6. The van der Waals surface area contributed by atoms with Crippen LogP contribution in [0.1, 0.15) is 29.4 Å². The van der Waals surface area contributed by atoms with Crippen LogP contribution in [0.4, 0.5) is 8.78 Å². The van der Waals surface area contributed by atoms with Gasteiger partial charge in [-0.15, -0.1) is 0 Å². The van der Waals surface area contributed by atoms with Gasteiger partial charge in [0, 0.05) is 24.2 Å². The second kappa shape index (κ2) is 6.14. The van der Waals surface area contributed by atoms with Crippen LogP contribution in [0.3, 0.4) is 0 Å². The molecule has 2 aromatic heterocycles. The Hall–Kier alpha value is -2.44. The van der Waals surface area contributed by atoms with Crippen LogP contribution in [-0.4, -0.2) is 27.5 Å². The third-order valence-corrected chi connectivity index (χ3v) is 2.44. The molecule has 0 radical (unpaired) electrons. The van der Waals surface area contributed by atoms with Gasteiger partial charge in [0.15, 0.2) is 5.82 Å². The maximum absolute atomic E-state index is 13.0. The lowest BCUT2D eigenvalue weighted by Gasteiger charge is -2.08. The summed E-state index contributed by atoms with van der Waals surface area (Å²) in [6, 6.07) is 3.28. The van der Waals surface area contributed by atoms with Gasteiger partial charge >= 0.3 is 5.97 Å². The number of carbonyl (C=O) groups excluding carboxylic acids is 1. The van der Waals surface area contributed by atoms with Crippen LogP contribution in [-0.2, 0) is 4.74 Å². The Morgan fingerprint density at radius 1 is 1.40 bits per heavy atom. The van der Waals surface area contributed by atoms with E-state index in [0.29, 0.717) is 5.56 Å². The first-order chi connectivity index (χ1) is 9.63. The van der Waals surface area contributed by atoms with Gasteiger partial charge < -0.3 is 4.74 Å². The SMILES string of the molecule is CCOC(=O)c1cnc(-c2cccnc2)nc1C(F)F. The molecule has 0 spiro atoms. The van der Waals surface area contributed by atoms with Crippen molar-refractivity contribution in [1.82, 2.24) is 15.0 Å². The van der Waals surface area contributed by atoms with Crippen LogP contribution in [0.5, 0.6) is 0 Å². The number of ether oxygens (including phenoxy) is 1. The second-order valence-electron chi connectivity index (χ2n) is 3.76. The van der Waals surface area contributed by atoms with Crippen molar-refractivity contribution >= 4 is 5.97 Å². The highest BCUT2D eigenvalue weighted by molar-refractivity contribution is 5.90. The van der Waals surface area contributed by atoms with Gasteiger partial charge in [0.2, 0.25) is 0 Å². The van der Waals surface area contributed by atoms with Gasteiger partial charge in [-0.25, -0.2) is 23.5 Å². The van der Waals surface area contributed by atoms with E-state index in [4.69, 9.17) is 4.74 Å². The fourth-order valence-corrected chi connectivity index (χ4v) is 1.56. The Balaban J connectivity index is 2.45. The number of hydrogen-bond donors (Lipinski definition) is 0. The molecule has 0 fully saturated rings. The lowest BCUT2D eigenvalue weighted by molar-refractivity contribution is 0.0513. The van der Waals surface area contributed by atoms with E-state index in [1.807, 2.05) is 0 Å². The molecule has 20 heavy (non-hydrogen) atoms. The monoisotopic (exact) mass is 279 g/mol. The molecule has 0 aliphatic heterocycles. The number of aromatic nitrogens is 3. The molecule has 0 aliphatic rings. The molecule has 5 nitrogen and oxygen atoms in total. The minimum absolute atomic E-state index is 0.0847. The number of esters is 1. The molecular weight excluding hydrogens is 268 g/mol. The van der Waals surface area contributed by atoms with Gasteiger partial charge in [0.25, 0.3) is 6.43 Å². The summed E-state index contributed by atoms with van der Waals surface area (Å²) in [7, 11) is 0. The molecule has 104 valence electrons. The van der Waals surface area contributed by atoms with Crippen molar-refractivity contribution < 1.29 is 18.3 Å². The summed E-state index contributed by atoms with van der Waals surface area (Å²) in [4.78, 5) is 23.1. The predicted octanol–water partition coefficient (Wildman–Crippen LogP) is 2.65. The minimum atomic E-state index is -2.90. The Bertz CT molecular complexity index is 606. The summed E-state index contributed by atoms with van der Waals surface area (Å²) >= 11 is 0. The van der Waals surface area contributed by atoms with Gasteiger partial charge in [-0.1, -0.05) is 0 Å². The standard InChI is InChI=1S/C13H11F2N3O2/c1-2-20-13(19)9-7-17-12(18-10(9)11(14)15)8-4-3-5-16-6-8/h3-7,11H,2H2,1H3. The van der Waals surface area contributed by atoms with Gasteiger partial charge in [-0.2, -0.15) is 0 Å². The van der Waals surface area contributed by atoms with E-state index in [2.05, 4.69) is 15.0 Å². The van der Waals surface area contributed by atoms with Gasteiger partial charge in [-0.05, 0) is 19.1 Å². The van der Waals surface area contributed by atoms with Crippen molar-refractivity contribution in [3.63, 3.8) is 0 Å². The maximum atomic E-state index is 13.0. The molecule has 0 bridgehead atoms. The summed E-state index contributed by atoms with van der Waals surface area (Å²) in [5.41, 5.74) is -0.475. The average Bonchev–Trinajstić information content (AvgIpc) is 2.47. The summed E-state index contributed by atoms with van der Waals surface area (Å²) < 4.78 is 30.7. The van der Waals surface area contributed by atoms with Crippen molar-refractivity contribution in [1.29, 1.82) is 0 Å². The summed E-state index contributed by atoms with van der Waals surface area (Å²) in [5, 5.41) is 0. The van der Waals surface area contributed by atoms with E-state index in [1.54, 1.807) is 25.3 Å². The number of halogens is 2. The van der Waals surface area contributed by atoms with Gasteiger partial charge in [0.1, 0.15) is 11.3 Å². The molecule has 0 saturated carbocycles. The third kappa shape index (κ3) is 2.93. The number of hydrogen-bond acceptors (Lipinski definition) is 5. The van der Waals surface area contributed by atoms with Crippen LogP contribution in [0, 0.1) is 0 Å². The van der Waals surface area contributed by atoms with Crippen molar-refractivity contribution in [2.75, 3.05) is 6.61 Å². The topological polar surface area (TPSA) is 65.0 Å². The number of rotatable bonds is 4. The fraction of sp³-hybridized carbons (Fsp3) is 0.231. The third-order valence-electron chi connectivity index (χ3n) is 2.44. The molecule has 0 amide bonds. The lowest BCUT2D eigenvalue weighted by atomic mass is 10.2. The summed E-state index contributed by atoms with van der Waals surface area (Å²) in [6.07, 6.45) is 1.15. The van der Waals surface area contributed by atoms with Gasteiger partial charge in [-0.3, -0.25) is 4.98 Å². The Kier molecular flexibility index (Phi) is 4.29. The van der Waals surface area contributed by atoms with Crippen LogP contribution >= 0.6 is 0 Å². The van der Waals surface area contributed by atoms with Crippen LogP contribution < -0.4 is 0 Å². The number of alkyl halides is 2. The molecular formula is C13H11F2N3O2. The van der Waals surface area contributed by atoms with E-state index < -0.39 is 18.1 Å². The molecule has 0 aliphatic carbocycles. The zero-order chi connectivity index (χ0) is 14.5. The van der Waals surface area contributed by atoms with Crippen LogP contribution in [0.2, 0.25) is 0 Å². The highest BCUT2D eigenvalue weighted by Crippen LogP contribution is 2.24. The lowest BCUT2D eigenvalue weighted by Crippen LogP contribution is -2.11. The molecule has 7 heteroatoms. The van der Waals surface area contributed by atoms with E-state index in [-0.39, 0.29) is 18.0 Å². The molecule has 0 atom stereocenters. The summed E-state index contributed by atoms with van der Waals surface area (Å²) in [5.74, 6) is -0.776. The van der Waals surface area contributed by atoms with Gasteiger partial charge in [0.05, 0.1) is 6.61 Å². The largest absolute Gasteiger partial charge is 0.462 e. The van der Waals surface area contributed by atoms with Crippen LogP contribution in [0.25, 0.3) is 11.4 Å². The molecule has 2 aromatic rings. The second-order valence-corrected chi connectivity index (χ2v) is 3.76. The average molecular weight is 279 g/mol. The Morgan fingerprint density at radius 2 is 2.20 bits per heavy atom. The van der Waals surface area contributed by atoms with E-state index >= 15 is 0 Å². The van der Waals surface area contributed by atoms with Crippen LogP contribution in [0.15, 0.2) is 30.7 Å². The Labute approximate surface area is 113 Å². The number of carbonyl (C=O) groups is 1. The van der Waals surface area contributed by atoms with Crippen molar-refractivity contribution in [2.24, 2.45) is 0 Å². The highest BCUT2D eigenvalue weighted by atomic mass is 19.3. The number of pyridine rings is 1. The molecule has 2 heterocycles. The van der Waals surface area contributed by atoms with E-state index in [1.165, 1.54) is 6.20 Å².